The molecular formula is C29H35FN10O3. The molecule has 5 aromatic rings. The fourth-order valence-electron chi connectivity index (χ4n) is 5.19. The van der Waals surface area contributed by atoms with Crippen molar-refractivity contribution in [1.29, 1.82) is 0 Å². The van der Waals surface area contributed by atoms with Crippen molar-refractivity contribution in [3.8, 4) is 17.2 Å². The Morgan fingerprint density at radius 2 is 2.00 bits per heavy atom. The van der Waals surface area contributed by atoms with Crippen molar-refractivity contribution in [1.82, 2.24) is 39.5 Å². The Labute approximate surface area is 247 Å². The van der Waals surface area contributed by atoms with Gasteiger partial charge in [0.2, 0.25) is 5.95 Å². The summed E-state index contributed by atoms with van der Waals surface area (Å²) < 4.78 is 29.4. The molecule has 1 saturated heterocycles. The molecule has 226 valence electrons. The second-order valence-corrected chi connectivity index (χ2v) is 10.8. The highest BCUT2D eigenvalue weighted by molar-refractivity contribution is 5.93. The maximum atomic E-state index is 15.0. The molecule has 1 aliphatic rings. The number of benzene rings is 1. The fourth-order valence-corrected chi connectivity index (χ4v) is 5.19. The van der Waals surface area contributed by atoms with Crippen molar-refractivity contribution in [3.63, 3.8) is 0 Å². The van der Waals surface area contributed by atoms with E-state index in [0.717, 1.165) is 37.1 Å². The zero-order chi connectivity index (χ0) is 29.9. The number of piperazine rings is 1. The van der Waals surface area contributed by atoms with Gasteiger partial charge in [-0.3, -0.25) is 9.69 Å². The average Bonchev–Trinajstić information content (AvgIpc) is 3.76. The molecule has 0 aliphatic carbocycles. The number of nitrogens with zero attached hydrogens (tertiary/aromatic N) is 8. The SMILES string of the molecule is CN(C)CCNC(=O)COc1ccc(N2CCN(CCn3ncc4c3nc(N)n3nc(-c5ccco5)cc43)CC2)c(F)c1. The van der Waals surface area contributed by atoms with Crippen molar-refractivity contribution < 1.29 is 18.3 Å². The first-order chi connectivity index (χ1) is 20.9. The maximum Gasteiger partial charge on any atom is 0.257 e. The number of nitrogens with one attached hydrogen (secondary N) is 1. The lowest BCUT2D eigenvalue weighted by atomic mass is 10.2. The van der Waals surface area contributed by atoms with Crippen molar-refractivity contribution in [2.24, 2.45) is 0 Å². The highest BCUT2D eigenvalue weighted by Crippen LogP contribution is 2.27. The standard InChI is InChI=1S/C29H35FN10O3/c1-36(2)8-7-32-27(41)19-43-20-5-6-24(22(30)16-20)38-12-9-37(10-13-38)11-14-39-28-21(18-33-39)25-17-23(26-4-3-15-42-26)35-40(25)29(31)34-28/h3-6,15-18H,7-14,19H2,1-2H3,(H2,31,34)(H,32,41). The molecule has 1 aliphatic heterocycles. The molecule has 14 heteroatoms. The Balaban J connectivity index is 1.02. The normalized spacial score (nSPS) is 14.3. The van der Waals surface area contributed by atoms with E-state index < -0.39 is 0 Å². The van der Waals surface area contributed by atoms with E-state index in [4.69, 9.17) is 14.9 Å². The molecule has 1 aromatic carbocycles. The van der Waals surface area contributed by atoms with Crippen LogP contribution in [0.5, 0.6) is 5.75 Å². The van der Waals surface area contributed by atoms with E-state index in [-0.39, 0.29) is 24.3 Å². The number of likely N-dealkylation sites (N-methyl/N-ethyl adjacent to an activating group) is 1. The van der Waals surface area contributed by atoms with E-state index in [1.165, 1.54) is 6.07 Å². The molecule has 1 amide bonds. The summed E-state index contributed by atoms with van der Waals surface area (Å²) in [5.41, 5.74) is 8.96. The number of ether oxygens (including phenoxy) is 1. The van der Waals surface area contributed by atoms with Gasteiger partial charge in [-0.25, -0.2) is 9.07 Å². The summed E-state index contributed by atoms with van der Waals surface area (Å²) in [6.07, 6.45) is 3.39. The van der Waals surface area contributed by atoms with Crippen LogP contribution in [0.25, 0.3) is 28.0 Å². The summed E-state index contributed by atoms with van der Waals surface area (Å²) in [4.78, 5) is 22.9. The lowest BCUT2D eigenvalue weighted by molar-refractivity contribution is -0.123. The van der Waals surface area contributed by atoms with Gasteiger partial charge < -0.3 is 30.0 Å². The molecule has 0 bridgehead atoms. The van der Waals surface area contributed by atoms with Crippen molar-refractivity contribution in [2.75, 3.05) is 77.1 Å². The number of furan rings is 1. The average molecular weight is 591 g/mol. The fraction of sp³-hybridized carbons (Fsp3) is 0.379. The van der Waals surface area contributed by atoms with Gasteiger partial charge in [0.05, 0.1) is 35.6 Å². The predicted octanol–water partition coefficient (Wildman–Crippen LogP) is 1.94. The van der Waals surface area contributed by atoms with Crippen molar-refractivity contribution >= 4 is 34.1 Å². The monoisotopic (exact) mass is 590 g/mol. The minimum Gasteiger partial charge on any atom is -0.484 e. The lowest BCUT2D eigenvalue weighted by Gasteiger charge is -2.36. The van der Waals surface area contributed by atoms with Gasteiger partial charge in [-0.2, -0.15) is 19.7 Å². The smallest absolute Gasteiger partial charge is 0.257 e. The number of anilines is 2. The second kappa shape index (κ2) is 12.3. The van der Waals surface area contributed by atoms with E-state index in [1.54, 1.807) is 29.1 Å². The number of halogens is 1. The third-order valence-electron chi connectivity index (χ3n) is 7.52. The van der Waals surface area contributed by atoms with Gasteiger partial charge in [-0.15, -0.1) is 0 Å². The molecule has 0 spiro atoms. The van der Waals surface area contributed by atoms with E-state index in [0.29, 0.717) is 54.7 Å². The van der Waals surface area contributed by atoms with E-state index >= 15 is 0 Å². The van der Waals surface area contributed by atoms with Crippen LogP contribution in [0.3, 0.4) is 0 Å². The largest absolute Gasteiger partial charge is 0.484 e. The van der Waals surface area contributed by atoms with Crippen LogP contribution in [-0.4, -0.2) is 107 Å². The van der Waals surface area contributed by atoms with Gasteiger partial charge in [-0.1, -0.05) is 0 Å². The van der Waals surface area contributed by atoms with Gasteiger partial charge in [0, 0.05) is 51.9 Å². The minimum atomic E-state index is -0.368. The molecule has 6 rings (SSSR count). The predicted molar refractivity (Wildman–Crippen MR) is 161 cm³/mol. The van der Waals surface area contributed by atoms with Crippen LogP contribution >= 0.6 is 0 Å². The van der Waals surface area contributed by atoms with Crippen LogP contribution in [-0.2, 0) is 11.3 Å². The van der Waals surface area contributed by atoms with Crippen LogP contribution in [0, 0.1) is 5.82 Å². The molecule has 0 radical (unpaired) electrons. The summed E-state index contributed by atoms with van der Waals surface area (Å²) in [7, 11) is 3.87. The van der Waals surface area contributed by atoms with Gasteiger partial charge in [0.15, 0.2) is 18.0 Å². The topological polar surface area (TPSA) is 135 Å². The van der Waals surface area contributed by atoms with Crippen LogP contribution in [0.2, 0.25) is 0 Å². The summed E-state index contributed by atoms with van der Waals surface area (Å²) in [6.45, 7) is 5.43. The third-order valence-corrected chi connectivity index (χ3v) is 7.52. The molecule has 0 unspecified atom stereocenters. The number of rotatable bonds is 11. The number of carbonyl (C=O) groups excluding carboxylic acids is 1. The van der Waals surface area contributed by atoms with Crippen molar-refractivity contribution in [3.05, 3.63) is 54.7 Å². The summed E-state index contributed by atoms with van der Waals surface area (Å²) in [5.74, 6) is 0.653. The Bertz CT molecular complexity index is 1710. The van der Waals surface area contributed by atoms with Gasteiger partial charge in [0.25, 0.3) is 5.91 Å². The third kappa shape index (κ3) is 6.24. The first kappa shape index (κ1) is 28.4. The maximum absolute atomic E-state index is 15.0. The molecule has 43 heavy (non-hydrogen) atoms. The zero-order valence-electron chi connectivity index (χ0n) is 24.2. The Morgan fingerprint density at radius 3 is 2.74 bits per heavy atom. The Morgan fingerprint density at radius 1 is 1.16 bits per heavy atom. The minimum absolute atomic E-state index is 0.155. The number of carbonyl (C=O) groups is 1. The molecule has 5 heterocycles. The molecule has 0 saturated carbocycles. The van der Waals surface area contributed by atoms with E-state index in [1.807, 2.05) is 46.8 Å². The van der Waals surface area contributed by atoms with Crippen LogP contribution in [0.4, 0.5) is 16.0 Å². The molecule has 13 nitrogen and oxygen atoms in total. The number of nitrogens with two attached hydrogens (primary N) is 1. The Hall–Kier alpha value is -4.69. The van der Waals surface area contributed by atoms with Crippen molar-refractivity contribution in [2.45, 2.75) is 6.54 Å². The molecule has 1 fully saturated rings. The van der Waals surface area contributed by atoms with E-state index in [9.17, 15) is 9.18 Å². The summed E-state index contributed by atoms with van der Waals surface area (Å²) >= 11 is 0. The van der Waals surface area contributed by atoms with Crippen LogP contribution < -0.4 is 20.7 Å². The van der Waals surface area contributed by atoms with E-state index in [2.05, 4.69) is 25.4 Å². The molecule has 4 aromatic heterocycles. The van der Waals surface area contributed by atoms with Crippen LogP contribution in [0.15, 0.2) is 53.3 Å². The molecular weight excluding hydrogens is 555 g/mol. The lowest BCUT2D eigenvalue weighted by Crippen LogP contribution is -2.47. The quantitative estimate of drug-likeness (QED) is 0.235. The van der Waals surface area contributed by atoms with Gasteiger partial charge in [-0.05, 0) is 44.4 Å². The highest BCUT2D eigenvalue weighted by atomic mass is 19.1. The zero-order valence-corrected chi connectivity index (χ0v) is 24.2. The number of hydrogen-bond donors (Lipinski definition) is 2. The van der Waals surface area contributed by atoms with Crippen LogP contribution in [0.1, 0.15) is 0 Å². The number of fused-ring (bicyclic) bond motifs is 3. The summed E-state index contributed by atoms with van der Waals surface area (Å²) in [6, 6.07) is 10.3. The number of amides is 1. The first-order valence-electron chi connectivity index (χ1n) is 14.2. The number of aromatic nitrogens is 5. The first-order valence-corrected chi connectivity index (χ1v) is 14.2. The van der Waals surface area contributed by atoms with Gasteiger partial charge >= 0.3 is 0 Å². The Kier molecular flexibility index (Phi) is 8.11. The number of nitrogen functional groups attached to an aromatic ring is 1. The highest BCUT2D eigenvalue weighted by Gasteiger charge is 2.21. The summed E-state index contributed by atoms with van der Waals surface area (Å²) in [5, 5.41) is 12.8. The van der Waals surface area contributed by atoms with Gasteiger partial charge in [0.1, 0.15) is 17.3 Å². The molecule has 0 atom stereocenters. The molecule has 3 N–H and O–H groups in total. The number of hydrogen-bond acceptors (Lipinski definition) is 10. The second-order valence-electron chi connectivity index (χ2n) is 10.8.